The first-order valence-electron chi connectivity index (χ1n) is 7.47. The average Bonchev–Trinajstić information content (AvgIpc) is 2.86. The van der Waals surface area contributed by atoms with Gasteiger partial charge in [-0.15, -0.1) is 23.7 Å². The average molecular weight is 354 g/mol. The third-order valence-electron chi connectivity index (χ3n) is 3.67. The summed E-state index contributed by atoms with van der Waals surface area (Å²) in [6.45, 7) is 7.90. The Hall–Kier alpha value is -1.43. The van der Waals surface area contributed by atoms with E-state index in [4.69, 9.17) is 5.73 Å². The highest BCUT2D eigenvalue weighted by atomic mass is 35.5. The predicted molar refractivity (Wildman–Crippen MR) is 100 cm³/mol. The van der Waals surface area contributed by atoms with Crippen molar-refractivity contribution >= 4 is 34.8 Å². The van der Waals surface area contributed by atoms with E-state index in [1.807, 2.05) is 12.3 Å². The summed E-state index contributed by atoms with van der Waals surface area (Å²) >= 11 is 1.42. The number of hydrogen-bond acceptors (Lipinski definition) is 4. The normalized spacial score (nSPS) is 13.1. The molecule has 0 fully saturated rings. The highest BCUT2D eigenvalue weighted by Gasteiger charge is 2.27. The van der Waals surface area contributed by atoms with Gasteiger partial charge in [0.1, 0.15) is 0 Å². The molecule has 23 heavy (non-hydrogen) atoms. The van der Waals surface area contributed by atoms with Crippen LogP contribution in [-0.4, -0.2) is 16.4 Å². The number of carbonyl (C=O) groups excluding carboxylic acids is 1. The first-order chi connectivity index (χ1) is 10.3. The number of thiazole rings is 1. The van der Waals surface area contributed by atoms with Crippen molar-refractivity contribution in [2.75, 3.05) is 5.32 Å². The van der Waals surface area contributed by atoms with Crippen molar-refractivity contribution in [3.63, 3.8) is 0 Å². The molecule has 1 atom stereocenters. The van der Waals surface area contributed by atoms with Crippen LogP contribution in [-0.2, 0) is 4.79 Å². The Balaban J connectivity index is 0.00000264. The Morgan fingerprint density at radius 2 is 2.09 bits per heavy atom. The lowest BCUT2D eigenvalue weighted by atomic mass is 9.97. The molecule has 0 saturated carbocycles. The van der Waals surface area contributed by atoms with Gasteiger partial charge in [-0.3, -0.25) is 4.79 Å². The smallest absolute Gasteiger partial charge is 0.245 e. The molecule has 4 nitrogen and oxygen atoms in total. The van der Waals surface area contributed by atoms with Gasteiger partial charge in [-0.05, 0) is 32.8 Å². The standard InChI is InChI=1S/C17H23N3OS.ClH/c1-5-8-17(4,18)15(21)20-16-19-14(10-22-16)13-7-6-11(2)9-12(13)3;/h6-7,9-10H,5,8,18H2,1-4H3,(H,19,20,21);1H. The van der Waals surface area contributed by atoms with E-state index < -0.39 is 5.54 Å². The topological polar surface area (TPSA) is 68.0 Å². The number of carbonyl (C=O) groups is 1. The van der Waals surface area contributed by atoms with E-state index in [2.05, 4.69) is 42.3 Å². The zero-order valence-electron chi connectivity index (χ0n) is 14.0. The SMILES string of the molecule is CCCC(C)(N)C(=O)Nc1nc(-c2ccc(C)cc2C)cs1.Cl. The third kappa shape index (κ3) is 4.77. The molecule has 0 aliphatic carbocycles. The van der Waals surface area contributed by atoms with Crippen molar-refractivity contribution in [1.82, 2.24) is 4.98 Å². The molecule has 0 aliphatic rings. The number of halogens is 1. The van der Waals surface area contributed by atoms with Crippen LogP contribution < -0.4 is 11.1 Å². The summed E-state index contributed by atoms with van der Waals surface area (Å²) in [5, 5.41) is 5.38. The van der Waals surface area contributed by atoms with E-state index in [9.17, 15) is 4.79 Å². The van der Waals surface area contributed by atoms with Crippen LogP contribution in [0.3, 0.4) is 0 Å². The zero-order chi connectivity index (χ0) is 16.3. The highest BCUT2D eigenvalue weighted by Crippen LogP contribution is 2.28. The molecule has 1 amide bonds. The van der Waals surface area contributed by atoms with Crippen molar-refractivity contribution in [2.24, 2.45) is 5.73 Å². The number of benzene rings is 1. The van der Waals surface area contributed by atoms with Crippen molar-refractivity contribution in [2.45, 2.75) is 46.1 Å². The number of anilines is 1. The minimum atomic E-state index is -0.861. The number of amides is 1. The Morgan fingerprint density at radius 3 is 2.70 bits per heavy atom. The molecule has 1 heterocycles. The highest BCUT2D eigenvalue weighted by molar-refractivity contribution is 7.14. The summed E-state index contributed by atoms with van der Waals surface area (Å²) in [7, 11) is 0. The Bertz CT molecular complexity index is 682. The van der Waals surface area contributed by atoms with Gasteiger partial charge in [0.2, 0.25) is 5.91 Å². The maximum absolute atomic E-state index is 12.2. The summed E-state index contributed by atoms with van der Waals surface area (Å²) in [6, 6.07) is 6.26. The molecule has 3 N–H and O–H groups in total. The lowest BCUT2D eigenvalue weighted by Crippen LogP contribution is -2.48. The van der Waals surface area contributed by atoms with Gasteiger partial charge in [0.05, 0.1) is 11.2 Å². The van der Waals surface area contributed by atoms with Crippen LogP contribution >= 0.6 is 23.7 Å². The number of nitrogens with zero attached hydrogens (tertiary/aromatic N) is 1. The van der Waals surface area contributed by atoms with Crippen LogP contribution in [0.4, 0.5) is 5.13 Å². The minimum Gasteiger partial charge on any atom is -0.318 e. The quantitative estimate of drug-likeness (QED) is 0.841. The Labute approximate surface area is 147 Å². The number of aromatic nitrogens is 1. The lowest BCUT2D eigenvalue weighted by molar-refractivity contribution is -0.120. The van der Waals surface area contributed by atoms with Gasteiger partial charge in [0, 0.05) is 10.9 Å². The number of nitrogens with one attached hydrogen (secondary N) is 1. The van der Waals surface area contributed by atoms with Gasteiger partial charge >= 0.3 is 0 Å². The second-order valence-electron chi connectivity index (χ2n) is 5.98. The first kappa shape index (κ1) is 19.6. The molecular formula is C17H24ClN3OS. The number of rotatable bonds is 5. The fourth-order valence-corrected chi connectivity index (χ4v) is 3.13. The second-order valence-corrected chi connectivity index (χ2v) is 6.84. The molecular weight excluding hydrogens is 330 g/mol. The molecule has 1 unspecified atom stereocenters. The maximum atomic E-state index is 12.2. The van der Waals surface area contributed by atoms with E-state index in [-0.39, 0.29) is 18.3 Å². The number of nitrogens with two attached hydrogens (primary N) is 1. The molecule has 0 aliphatic heterocycles. The summed E-state index contributed by atoms with van der Waals surface area (Å²) in [6.07, 6.45) is 1.51. The summed E-state index contributed by atoms with van der Waals surface area (Å²) in [5.41, 5.74) is 9.56. The van der Waals surface area contributed by atoms with E-state index in [1.54, 1.807) is 6.92 Å². The van der Waals surface area contributed by atoms with Crippen molar-refractivity contribution < 1.29 is 4.79 Å². The minimum absolute atomic E-state index is 0. The van der Waals surface area contributed by atoms with E-state index in [0.717, 1.165) is 17.7 Å². The molecule has 126 valence electrons. The van der Waals surface area contributed by atoms with Gasteiger partial charge in [0.15, 0.2) is 5.13 Å². The first-order valence-corrected chi connectivity index (χ1v) is 8.35. The van der Waals surface area contributed by atoms with Crippen LogP contribution in [0.2, 0.25) is 0 Å². The molecule has 6 heteroatoms. The van der Waals surface area contributed by atoms with Crippen molar-refractivity contribution in [3.8, 4) is 11.3 Å². The van der Waals surface area contributed by atoms with Gasteiger partial charge in [-0.25, -0.2) is 4.98 Å². The molecule has 1 aromatic carbocycles. The van der Waals surface area contributed by atoms with Crippen LogP contribution in [0, 0.1) is 13.8 Å². The van der Waals surface area contributed by atoms with Gasteiger partial charge in [0.25, 0.3) is 0 Å². The zero-order valence-corrected chi connectivity index (χ0v) is 15.6. The summed E-state index contributed by atoms with van der Waals surface area (Å²) in [4.78, 5) is 16.7. The molecule has 1 aromatic heterocycles. The molecule has 0 spiro atoms. The Morgan fingerprint density at radius 1 is 1.39 bits per heavy atom. The van der Waals surface area contributed by atoms with Crippen LogP contribution in [0.15, 0.2) is 23.6 Å². The summed E-state index contributed by atoms with van der Waals surface area (Å²) in [5.74, 6) is -0.184. The van der Waals surface area contributed by atoms with Gasteiger partial charge in [-0.2, -0.15) is 0 Å². The van der Waals surface area contributed by atoms with Gasteiger partial charge < -0.3 is 11.1 Å². The molecule has 2 rings (SSSR count). The number of hydrogen-bond donors (Lipinski definition) is 2. The van der Waals surface area contributed by atoms with Crippen LogP contribution in [0.5, 0.6) is 0 Å². The second kappa shape index (κ2) is 7.90. The Kier molecular flexibility index (Phi) is 6.74. The van der Waals surface area contributed by atoms with Crippen LogP contribution in [0.1, 0.15) is 37.8 Å². The third-order valence-corrected chi connectivity index (χ3v) is 4.43. The monoisotopic (exact) mass is 353 g/mol. The summed E-state index contributed by atoms with van der Waals surface area (Å²) < 4.78 is 0. The molecule has 0 saturated heterocycles. The molecule has 0 bridgehead atoms. The largest absolute Gasteiger partial charge is 0.318 e. The fraction of sp³-hybridized carbons (Fsp3) is 0.412. The predicted octanol–water partition coefficient (Wildman–Crippen LogP) is 4.30. The van der Waals surface area contributed by atoms with E-state index >= 15 is 0 Å². The fourth-order valence-electron chi connectivity index (χ4n) is 2.43. The van der Waals surface area contributed by atoms with Gasteiger partial charge in [-0.1, -0.05) is 37.1 Å². The molecule has 2 aromatic rings. The van der Waals surface area contributed by atoms with E-state index in [1.165, 1.54) is 22.5 Å². The maximum Gasteiger partial charge on any atom is 0.245 e. The van der Waals surface area contributed by atoms with E-state index in [0.29, 0.717) is 11.6 Å². The van der Waals surface area contributed by atoms with Crippen LogP contribution in [0.25, 0.3) is 11.3 Å². The molecule has 0 radical (unpaired) electrons. The lowest BCUT2D eigenvalue weighted by Gasteiger charge is -2.21. The van der Waals surface area contributed by atoms with Crippen molar-refractivity contribution in [3.05, 3.63) is 34.7 Å². The van der Waals surface area contributed by atoms with Crippen molar-refractivity contribution in [1.29, 1.82) is 0 Å². The number of aryl methyl sites for hydroxylation is 2.